The number of hydrogen-bond donors (Lipinski definition) is 1. The van der Waals surface area contributed by atoms with Crippen molar-refractivity contribution in [3.8, 4) is 0 Å². The molecule has 0 aliphatic rings. The van der Waals surface area contributed by atoms with Crippen LogP contribution < -0.4 is 5.32 Å². The van der Waals surface area contributed by atoms with Crippen LogP contribution in [0.2, 0.25) is 0 Å². The number of carbonyl (C=O) groups is 1. The molecule has 2 aromatic carbocycles. The zero-order chi connectivity index (χ0) is 15.2. The molecular weight excluding hydrogens is 328 g/mol. The monoisotopic (exact) mass is 346 g/mol. The predicted octanol–water partition coefficient (Wildman–Crippen LogP) is 3.44. The number of nitrogens with one attached hydrogen (secondary N) is 1. The Balaban J connectivity index is 2.02. The molecule has 0 heterocycles. The molecule has 0 aliphatic carbocycles. The summed E-state index contributed by atoms with van der Waals surface area (Å²) in [6, 6.07) is 15.5. The van der Waals surface area contributed by atoms with E-state index in [1.807, 2.05) is 50.5 Å². The van der Waals surface area contributed by atoms with Crippen molar-refractivity contribution in [2.24, 2.45) is 0 Å². The summed E-state index contributed by atoms with van der Waals surface area (Å²) in [5.74, 6) is -0.0536. The Kier molecular flexibility index (Phi) is 5.53. The summed E-state index contributed by atoms with van der Waals surface area (Å²) in [5, 5.41) is 2.98. The van der Waals surface area contributed by atoms with Crippen LogP contribution >= 0.6 is 15.9 Å². The highest BCUT2D eigenvalue weighted by Gasteiger charge is 2.07. The number of rotatable bonds is 5. The van der Waals surface area contributed by atoms with E-state index in [4.69, 9.17) is 0 Å². The van der Waals surface area contributed by atoms with Crippen molar-refractivity contribution in [2.45, 2.75) is 13.1 Å². The highest BCUT2D eigenvalue weighted by atomic mass is 79.9. The van der Waals surface area contributed by atoms with Gasteiger partial charge in [0.1, 0.15) is 0 Å². The molecule has 0 radical (unpaired) electrons. The van der Waals surface area contributed by atoms with E-state index in [1.54, 1.807) is 0 Å². The number of amides is 1. The van der Waals surface area contributed by atoms with Gasteiger partial charge in [-0.3, -0.25) is 4.79 Å². The third kappa shape index (κ3) is 4.69. The van der Waals surface area contributed by atoms with Crippen LogP contribution in [0.3, 0.4) is 0 Å². The Morgan fingerprint density at radius 3 is 2.29 bits per heavy atom. The van der Waals surface area contributed by atoms with Gasteiger partial charge >= 0.3 is 0 Å². The summed E-state index contributed by atoms with van der Waals surface area (Å²) in [4.78, 5) is 14.2. The topological polar surface area (TPSA) is 32.3 Å². The summed E-state index contributed by atoms with van der Waals surface area (Å²) in [6.07, 6.45) is 0. The molecule has 0 fully saturated rings. The highest BCUT2D eigenvalue weighted by molar-refractivity contribution is 9.10. The number of benzene rings is 2. The van der Waals surface area contributed by atoms with Crippen molar-refractivity contribution < 1.29 is 4.79 Å². The van der Waals surface area contributed by atoms with Crippen LogP contribution in [0.15, 0.2) is 53.0 Å². The zero-order valence-electron chi connectivity index (χ0n) is 12.3. The van der Waals surface area contributed by atoms with E-state index in [-0.39, 0.29) is 5.91 Å². The van der Waals surface area contributed by atoms with Crippen LogP contribution in [0.25, 0.3) is 0 Å². The minimum atomic E-state index is -0.0536. The van der Waals surface area contributed by atoms with Gasteiger partial charge in [-0.2, -0.15) is 0 Å². The number of carbonyl (C=O) groups excluding carboxylic acids is 1. The Bertz CT molecular complexity index is 608. The first-order valence-corrected chi connectivity index (χ1v) is 7.61. The first-order chi connectivity index (χ1) is 10.1. The first-order valence-electron chi connectivity index (χ1n) is 6.81. The lowest BCUT2D eigenvalue weighted by molar-refractivity contribution is 0.0951. The fourth-order valence-corrected chi connectivity index (χ4v) is 2.37. The van der Waals surface area contributed by atoms with Crippen LogP contribution in [0.4, 0.5) is 0 Å². The molecule has 110 valence electrons. The summed E-state index contributed by atoms with van der Waals surface area (Å²) >= 11 is 3.37. The molecule has 0 atom stereocenters. The molecule has 0 bridgehead atoms. The molecule has 4 heteroatoms. The van der Waals surface area contributed by atoms with Crippen molar-refractivity contribution in [1.29, 1.82) is 0 Å². The van der Waals surface area contributed by atoms with Crippen LogP contribution in [-0.4, -0.2) is 24.9 Å². The van der Waals surface area contributed by atoms with Crippen molar-refractivity contribution in [3.63, 3.8) is 0 Å². The quantitative estimate of drug-likeness (QED) is 0.899. The summed E-state index contributed by atoms with van der Waals surface area (Å²) < 4.78 is 0.968. The second-order valence-electron chi connectivity index (χ2n) is 5.20. The van der Waals surface area contributed by atoms with Crippen molar-refractivity contribution in [1.82, 2.24) is 10.2 Å². The maximum Gasteiger partial charge on any atom is 0.251 e. The van der Waals surface area contributed by atoms with E-state index in [2.05, 4.69) is 38.3 Å². The number of hydrogen-bond acceptors (Lipinski definition) is 2. The van der Waals surface area contributed by atoms with Gasteiger partial charge in [0.05, 0.1) is 0 Å². The van der Waals surface area contributed by atoms with Gasteiger partial charge in [-0.1, -0.05) is 40.2 Å². The van der Waals surface area contributed by atoms with Crippen LogP contribution in [0.1, 0.15) is 21.5 Å². The van der Waals surface area contributed by atoms with Gasteiger partial charge in [-0.15, -0.1) is 0 Å². The Hall–Kier alpha value is -1.65. The second-order valence-corrected chi connectivity index (χ2v) is 6.11. The molecule has 2 aromatic rings. The average Bonchev–Trinajstić information content (AvgIpc) is 2.46. The normalized spacial score (nSPS) is 10.7. The maximum absolute atomic E-state index is 12.1. The molecular formula is C17H19BrN2O. The van der Waals surface area contributed by atoms with Crippen LogP contribution in [0.5, 0.6) is 0 Å². The molecule has 0 aromatic heterocycles. The second kappa shape index (κ2) is 7.38. The van der Waals surface area contributed by atoms with E-state index in [9.17, 15) is 4.79 Å². The third-order valence-electron chi connectivity index (χ3n) is 3.15. The third-order valence-corrected chi connectivity index (χ3v) is 3.68. The Labute approximate surface area is 134 Å². The fraction of sp³-hybridized carbons (Fsp3) is 0.235. The molecule has 1 N–H and O–H groups in total. The van der Waals surface area contributed by atoms with Crippen molar-refractivity contribution in [2.75, 3.05) is 14.1 Å². The van der Waals surface area contributed by atoms with Crippen LogP contribution in [0, 0.1) is 0 Å². The van der Waals surface area contributed by atoms with E-state index in [0.29, 0.717) is 12.1 Å². The van der Waals surface area contributed by atoms with Crippen molar-refractivity contribution >= 4 is 21.8 Å². The van der Waals surface area contributed by atoms with E-state index >= 15 is 0 Å². The predicted molar refractivity (Wildman–Crippen MR) is 89.1 cm³/mol. The van der Waals surface area contributed by atoms with Gasteiger partial charge in [0, 0.05) is 23.1 Å². The highest BCUT2D eigenvalue weighted by Crippen LogP contribution is 2.12. The largest absolute Gasteiger partial charge is 0.348 e. The zero-order valence-corrected chi connectivity index (χ0v) is 13.9. The molecule has 0 aliphatic heterocycles. The lowest BCUT2D eigenvalue weighted by Gasteiger charge is -2.14. The SMILES string of the molecule is CN(C)Cc1ccccc1CNC(=O)c1ccc(Br)cc1. The Morgan fingerprint density at radius 1 is 1.05 bits per heavy atom. The van der Waals surface area contributed by atoms with Gasteiger partial charge in [-0.25, -0.2) is 0 Å². The summed E-state index contributed by atoms with van der Waals surface area (Å²) in [6.45, 7) is 1.41. The van der Waals surface area contributed by atoms with Gasteiger partial charge in [0.25, 0.3) is 5.91 Å². The smallest absolute Gasteiger partial charge is 0.251 e. The van der Waals surface area contributed by atoms with E-state index in [0.717, 1.165) is 16.6 Å². The molecule has 0 saturated carbocycles. The lowest BCUT2D eigenvalue weighted by Crippen LogP contribution is -2.24. The minimum Gasteiger partial charge on any atom is -0.348 e. The molecule has 0 spiro atoms. The summed E-state index contributed by atoms with van der Waals surface area (Å²) in [7, 11) is 4.08. The molecule has 0 saturated heterocycles. The van der Waals surface area contributed by atoms with E-state index < -0.39 is 0 Å². The number of halogens is 1. The molecule has 3 nitrogen and oxygen atoms in total. The van der Waals surface area contributed by atoms with Gasteiger partial charge in [0.2, 0.25) is 0 Å². The average molecular weight is 347 g/mol. The lowest BCUT2D eigenvalue weighted by atomic mass is 10.1. The maximum atomic E-state index is 12.1. The van der Waals surface area contributed by atoms with Crippen LogP contribution in [-0.2, 0) is 13.1 Å². The molecule has 1 amide bonds. The summed E-state index contributed by atoms with van der Waals surface area (Å²) in [5.41, 5.74) is 3.05. The Morgan fingerprint density at radius 2 is 1.67 bits per heavy atom. The van der Waals surface area contributed by atoms with E-state index in [1.165, 1.54) is 5.56 Å². The standard InChI is InChI=1S/C17H19BrN2O/c1-20(2)12-15-6-4-3-5-14(15)11-19-17(21)13-7-9-16(18)10-8-13/h3-10H,11-12H2,1-2H3,(H,19,21). The molecule has 0 unspecified atom stereocenters. The van der Waals surface area contributed by atoms with Gasteiger partial charge < -0.3 is 10.2 Å². The van der Waals surface area contributed by atoms with Crippen molar-refractivity contribution in [3.05, 3.63) is 69.7 Å². The fourth-order valence-electron chi connectivity index (χ4n) is 2.10. The van der Waals surface area contributed by atoms with Gasteiger partial charge in [0.15, 0.2) is 0 Å². The molecule has 2 rings (SSSR count). The first kappa shape index (κ1) is 15.7. The number of nitrogens with zero attached hydrogens (tertiary/aromatic N) is 1. The van der Waals surface area contributed by atoms with Gasteiger partial charge in [-0.05, 0) is 49.5 Å². The molecule has 21 heavy (non-hydrogen) atoms. The minimum absolute atomic E-state index is 0.0536.